The summed E-state index contributed by atoms with van der Waals surface area (Å²) in [5, 5.41) is 0. The first-order valence-corrected chi connectivity index (χ1v) is 5.21. The van der Waals surface area contributed by atoms with Crippen molar-refractivity contribution in [2.75, 3.05) is 0 Å². The Labute approximate surface area is 85.9 Å². The molecule has 0 heteroatoms. The summed E-state index contributed by atoms with van der Waals surface area (Å²) in [6.07, 6.45) is 1.10. The van der Waals surface area contributed by atoms with Gasteiger partial charge in [-0.1, -0.05) is 37.3 Å². The van der Waals surface area contributed by atoms with E-state index in [-0.39, 0.29) is 0 Å². The molecule has 0 aromatic rings. The summed E-state index contributed by atoms with van der Waals surface area (Å²) in [6.45, 7) is 6.59. The van der Waals surface area contributed by atoms with Crippen molar-refractivity contribution >= 4 is 0 Å². The van der Waals surface area contributed by atoms with E-state index in [2.05, 4.69) is 51.1 Å². The molecule has 0 saturated carbocycles. The molecule has 0 fully saturated rings. The predicted molar refractivity (Wildman–Crippen MR) is 61.9 cm³/mol. The molecular formula is C14H16. The maximum Gasteiger partial charge on any atom is -0.0149 e. The first-order chi connectivity index (χ1) is 6.72. The average Bonchev–Trinajstić information content (AvgIpc) is 2.41. The first-order valence-electron chi connectivity index (χ1n) is 5.21. The fraction of sp³-hybridized carbons (Fsp3) is 0.286. The molecule has 0 aliphatic heterocycles. The summed E-state index contributed by atoms with van der Waals surface area (Å²) < 4.78 is 0. The van der Waals surface area contributed by atoms with Gasteiger partial charge in [0.05, 0.1) is 0 Å². The summed E-state index contributed by atoms with van der Waals surface area (Å²) in [5.41, 5.74) is 7.00. The second-order valence-corrected chi connectivity index (χ2v) is 3.92. The second kappa shape index (κ2) is 3.45. The van der Waals surface area contributed by atoms with Gasteiger partial charge in [-0.05, 0) is 48.1 Å². The van der Waals surface area contributed by atoms with Crippen molar-refractivity contribution in [3.8, 4) is 11.1 Å². The second-order valence-electron chi connectivity index (χ2n) is 3.92. The quantitative estimate of drug-likeness (QED) is 0.629. The van der Waals surface area contributed by atoms with Crippen molar-refractivity contribution in [2.24, 2.45) is 0 Å². The highest BCUT2D eigenvalue weighted by molar-refractivity contribution is 5.73. The molecule has 0 saturated heterocycles. The highest BCUT2D eigenvalue weighted by Crippen LogP contribution is 2.30. The van der Waals surface area contributed by atoms with Gasteiger partial charge in [0.1, 0.15) is 0 Å². The Bertz CT molecular complexity index is 427. The number of fused-ring (bicyclic) bond motifs is 1. The highest BCUT2D eigenvalue weighted by Gasteiger charge is 2.08. The van der Waals surface area contributed by atoms with E-state index < -0.39 is 0 Å². The molecule has 72 valence electrons. The molecule has 0 atom stereocenters. The monoisotopic (exact) mass is 184 g/mol. The van der Waals surface area contributed by atoms with Crippen LogP contribution in [0.2, 0.25) is 0 Å². The normalized spacial score (nSPS) is 10.8. The lowest BCUT2D eigenvalue weighted by molar-refractivity contribution is 1.15. The first kappa shape index (κ1) is 9.26. The lowest BCUT2D eigenvalue weighted by Crippen LogP contribution is -1.77. The number of rotatable bonds is 1. The smallest absolute Gasteiger partial charge is 0.0149 e. The van der Waals surface area contributed by atoms with Gasteiger partial charge in [-0.3, -0.25) is 0 Å². The highest BCUT2D eigenvalue weighted by atomic mass is 14.1. The minimum atomic E-state index is 1.10. The third kappa shape index (κ3) is 1.41. The van der Waals surface area contributed by atoms with Crippen molar-refractivity contribution < 1.29 is 0 Å². The summed E-state index contributed by atoms with van der Waals surface area (Å²) in [4.78, 5) is 0. The van der Waals surface area contributed by atoms with Gasteiger partial charge < -0.3 is 0 Å². The molecule has 0 nitrogen and oxygen atoms in total. The van der Waals surface area contributed by atoms with Gasteiger partial charge in [-0.25, -0.2) is 0 Å². The Morgan fingerprint density at radius 3 is 2.57 bits per heavy atom. The van der Waals surface area contributed by atoms with Crippen LogP contribution in [-0.4, -0.2) is 0 Å². The van der Waals surface area contributed by atoms with Gasteiger partial charge in [-0.15, -0.1) is 0 Å². The number of aryl methyl sites for hydroxylation is 2. The van der Waals surface area contributed by atoms with Crippen molar-refractivity contribution in [3.63, 3.8) is 0 Å². The number of hydrogen-bond donors (Lipinski definition) is 0. The summed E-state index contributed by atoms with van der Waals surface area (Å²) in [6, 6.07) is 11.1. The van der Waals surface area contributed by atoms with Gasteiger partial charge in [0.15, 0.2) is 0 Å². The Balaban J connectivity index is 2.71. The standard InChI is InChI=1S/C14H16/c1-4-12-6-5-7-13-8-10(2)11(3)14(13)9-12/h5-9H,4H2,1-3H3. The molecule has 0 bridgehead atoms. The lowest BCUT2D eigenvalue weighted by atomic mass is 10.1. The van der Waals surface area contributed by atoms with Gasteiger partial charge >= 0.3 is 0 Å². The fourth-order valence-electron chi connectivity index (χ4n) is 1.91. The maximum atomic E-state index is 2.32. The molecule has 0 aromatic carbocycles. The molecule has 2 rings (SSSR count). The summed E-state index contributed by atoms with van der Waals surface area (Å²) in [7, 11) is 0. The minimum absolute atomic E-state index is 1.10. The van der Waals surface area contributed by atoms with Gasteiger partial charge in [-0.2, -0.15) is 0 Å². The van der Waals surface area contributed by atoms with E-state index in [0.29, 0.717) is 0 Å². The van der Waals surface area contributed by atoms with Crippen LogP contribution in [0.1, 0.15) is 23.6 Å². The van der Waals surface area contributed by atoms with E-state index in [0.717, 1.165) is 6.42 Å². The van der Waals surface area contributed by atoms with Crippen LogP contribution in [0.5, 0.6) is 0 Å². The third-order valence-electron chi connectivity index (χ3n) is 3.00. The van der Waals surface area contributed by atoms with Crippen LogP contribution >= 0.6 is 0 Å². The average molecular weight is 184 g/mol. The lowest BCUT2D eigenvalue weighted by Gasteiger charge is -1.96. The van der Waals surface area contributed by atoms with E-state index in [1.54, 1.807) is 0 Å². The van der Waals surface area contributed by atoms with E-state index in [1.165, 1.54) is 27.8 Å². The van der Waals surface area contributed by atoms with Crippen molar-refractivity contribution in [1.29, 1.82) is 0 Å². The molecule has 0 aromatic heterocycles. The predicted octanol–water partition coefficient (Wildman–Crippen LogP) is 3.97. The number of hydrogen-bond acceptors (Lipinski definition) is 0. The Kier molecular flexibility index (Phi) is 2.28. The van der Waals surface area contributed by atoms with E-state index in [4.69, 9.17) is 0 Å². The van der Waals surface area contributed by atoms with Gasteiger partial charge in [0.25, 0.3) is 0 Å². The SMILES string of the molecule is CCc1cccc2cc(C)c(C)c-2c1. The molecule has 0 radical (unpaired) electrons. The molecule has 0 heterocycles. The zero-order valence-electron chi connectivity index (χ0n) is 9.09. The van der Waals surface area contributed by atoms with Gasteiger partial charge in [0.2, 0.25) is 0 Å². The van der Waals surface area contributed by atoms with Crippen molar-refractivity contribution in [3.05, 3.63) is 47.0 Å². The van der Waals surface area contributed by atoms with Crippen LogP contribution in [0, 0.1) is 13.8 Å². The maximum absolute atomic E-state index is 2.32. The molecule has 0 N–H and O–H groups in total. The van der Waals surface area contributed by atoms with Crippen molar-refractivity contribution in [1.82, 2.24) is 0 Å². The minimum Gasteiger partial charge on any atom is -0.0614 e. The zero-order chi connectivity index (χ0) is 10.1. The Morgan fingerprint density at radius 2 is 1.86 bits per heavy atom. The fourth-order valence-corrected chi connectivity index (χ4v) is 1.91. The van der Waals surface area contributed by atoms with E-state index in [9.17, 15) is 0 Å². The largest absolute Gasteiger partial charge is 0.0614 e. The molecule has 2 aliphatic rings. The Morgan fingerprint density at radius 1 is 1.07 bits per heavy atom. The topological polar surface area (TPSA) is 0 Å². The zero-order valence-corrected chi connectivity index (χ0v) is 9.09. The van der Waals surface area contributed by atoms with Crippen LogP contribution in [0.15, 0.2) is 30.3 Å². The molecule has 2 aliphatic carbocycles. The van der Waals surface area contributed by atoms with E-state index >= 15 is 0 Å². The van der Waals surface area contributed by atoms with Crippen LogP contribution < -0.4 is 0 Å². The Hall–Kier alpha value is -1.30. The third-order valence-corrected chi connectivity index (χ3v) is 3.00. The van der Waals surface area contributed by atoms with Crippen LogP contribution in [0.25, 0.3) is 11.1 Å². The van der Waals surface area contributed by atoms with Crippen LogP contribution in [0.4, 0.5) is 0 Å². The van der Waals surface area contributed by atoms with Gasteiger partial charge in [0, 0.05) is 0 Å². The van der Waals surface area contributed by atoms with Crippen LogP contribution in [-0.2, 0) is 6.42 Å². The summed E-state index contributed by atoms with van der Waals surface area (Å²) in [5.74, 6) is 0. The molecular weight excluding hydrogens is 168 g/mol. The molecule has 0 amide bonds. The summed E-state index contributed by atoms with van der Waals surface area (Å²) >= 11 is 0. The molecule has 0 unspecified atom stereocenters. The van der Waals surface area contributed by atoms with E-state index in [1.807, 2.05) is 0 Å². The van der Waals surface area contributed by atoms with Crippen LogP contribution in [0.3, 0.4) is 0 Å². The molecule has 0 spiro atoms. The molecule has 14 heavy (non-hydrogen) atoms. The van der Waals surface area contributed by atoms with Crippen molar-refractivity contribution in [2.45, 2.75) is 27.2 Å².